The molecule has 7 heteroatoms. The Labute approximate surface area is 178 Å². The fourth-order valence-electron chi connectivity index (χ4n) is 3.46. The van der Waals surface area contributed by atoms with Gasteiger partial charge >= 0.3 is 0 Å². The molecule has 164 valence electrons. The average molecular weight is 418 g/mol. The molecule has 1 aliphatic heterocycles. The van der Waals surface area contributed by atoms with Gasteiger partial charge in [-0.3, -0.25) is 0 Å². The highest BCUT2D eigenvalue weighted by Crippen LogP contribution is 2.35. The fourth-order valence-corrected chi connectivity index (χ4v) is 3.46. The van der Waals surface area contributed by atoms with E-state index in [0.717, 1.165) is 29.0 Å². The number of ether oxygens (including phenoxy) is 6. The normalized spacial score (nSPS) is 13.5. The zero-order valence-electron chi connectivity index (χ0n) is 18.1. The van der Waals surface area contributed by atoms with Crippen LogP contribution in [0.1, 0.15) is 31.0 Å². The summed E-state index contributed by atoms with van der Waals surface area (Å²) in [5.41, 5.74) is 2.22. The number of benzene rings is 2. The molecule has 30 heavy (non-hydrogen) atoms. The number of fused-ring (bicyclic) bond motifs is 1. The first-order valence-corrected chi connectivity index (χ1v) is 10.3. The highest BCUT2D eigenvalue weighted by Gasteiger charge is 2.20. The maximum absolute atomic E-state index is 5.69. The molecule has 0 amide bonds. The molecule has 1 atom stereocenters. The SMILES string of the molecule is CCOC(CN[C@@H](Cc1ccc(OC)c(OC)c1)c1ccc2c(c1)OCO2)OCC. The van der Waals surface area contributed by atoms with Crippen LogP contribution < -0.4 is 24.3 Å². The molecule has 0 saturated heterocycles. The van der Waals surface area contributed by atoms with Crippen LogP contribution in [-0.4, -0.2) is 47.1 Å². The second-order valence-electron chi connectivity index (χ2n) is 6.81. The van der Waals surface area contributed by atoms with Crippen LogP contribution in [0, 0.1) is 0 Å². The van der Waals surface area contributed by atoms with E-state index in [9.17, 15) is 0 Å². The molecule has 3 rings (SSSR count). The van der Waals surface area contributed by atoms with Crippen LogP contribution in [0.15, 0.2) is 36.4 Å². The summed E-state index contributed by atoms with van der Waals surface area (Å²) in [4.78, 5) is 0. The lowest BCUT2D eigenvalue weighted by atomic mass is 9.98. The number of methoxy groups -OCH3 is 2. The van der Waals surface area contributed by atoms with E-state index in [-0.39, 0.29) is 19.1 Å². The molecule has 0 aromatic heterocycles. The van der Waals surface area contributed by atoms with Gasteiger partial charge in [-0.15, -0.1) is 0 Å². The molecule has 0 bridgehead atoms. The van der Waals surface area contributed by atoms with E-state index < -0.39 is 0 Å². The maximum atomic E-state index is 5.69. The molecule has 1 N–H and O–H groups in total. The van der Waals surface area contributed by atoms with Gasteiger partial charge in [0.15, 0.2) is 29.3 Å². The Morgan fingerprint density at radius 1 is 0.900 bits per heavy atom. The summed E-state index contributed by atoms with van der Waals surface area (Å²) in [6, 6.07) is 12.0. The molecule has 7 nitrogen and oxygen atoms in total. The Bertz CT molecular complexity index is 806. The second-order valence-corrected chi connectivity index (χ2v) is 6.81. The van der Waals surface area contributed by atoms with Crippen LogP contribution >= 0.6 is 0 Å². The van der Waals surface area contributed by atoms with Crippen molar-refractivity contribution in [3.8, 4) is 23.0 Å². The van der Waals surface area contributed by atoms with Gasteiger partial charge in [0.25, 0.3) is 0 Å². The summed E-state index contributed by atoms with van der Waals surface area (Å²) in [7, 11) is 3.28. The Morgan fingerprint density at radius 3 is 2.33 bits per heavy atom. The predicted octanol–water partition coefficient (Wildman–Crippen LogP) is 3.71. The lowest BCUT2D eigenvalue weighted by Crippen LogP contribution is -2.35. The third-order valence-electron chi connectivity index (χ3n) is 4.92. The van der Waals surface area contributed by atoms with Crippen molar-refractivity contribution in [2.75, 3.05) is 40.8 Å². The van der Waals surface area contributed by atoms with E-state index >= 15 is 0 Å². The molecule has 0 fully saturated rings. The average Bonchev–Trinajstić information content (AvgIpc) is 3.24. The minimum Gasteiger partial charge on any atom is -0.493 e. The zero-order valence-corrected chi connectivity index (χ0v) is 18.1. The van der Waals surface area contributed by atoms with Crippen molar-refractivity contribution in [3.63, 3.8) is 0 Å². The van der Waals surface area contributed by atoms with Crippen molar-refractivity contribution in [2.24, 2.45) is 0 Å². The van der Waals surface area contributed by atoms with Crippen molar-refractivity contribution in [3.05, 3.63) is 47.5 Å². The van der Waals surface area contributed by atoms with Gasteiger partial charge in [-0.2, -0.15) is 0 Å². The third-order valence-corrected chi connectivity index (χ3v) is 4.92. The number of rotatable bonds is 12. The van der Waals surface area contributed by atoms with Crippen molar-refractivity contribution in [1.29, 1.82) is 0 Å². The van der Waals surface area contributed by atoms with E-state index in [1.807, 2.05) is 44.2 Å². The molecule has 0 saturated carbocycles. The van der Waals surface area contributed by atoms with Crippen LogP contribution in [0.4, 0.5) is 0 Å². The van der Waals surface area contributed by atoms with Gasteiger partial charge in [-0.25, -0.2) is 0 Å². The fraction of sp³-hybridized carbons (Fsp3) is 0.478. The Morgan fingerprint density at radius 2 is 1.63 bits per heavy atom. The van der Waals surface area contributed by atoms with Crippen LogP contribution in [0.3, 0.4) is 0 Å². The lowest BCUT2D eigenvalue weighted by Gasteiger charge is -2.24. The summed E-state index contributed by atoms with van der Waals surface area (Å²) < 4.78 is 33.2. The van der Waals surface area contributed by atoms with Crippen LogP contribution in [0.5, 0.6) is 23.0 Å². The minimum absolute atomic E-state index is 0.0148. The van der Waals surface area contributed by atoms with Gasteiger partial charge in [-0.05, 0) is 55.7 Å². The van der Waals surface area contributed by atoms with Gasteiger partial charge < -0.3 is 33.7 Å². The molecule has 0 spiro atoms. The monoisotopic (exact) mass is 417 g/mol. The van der Waals surface area contributed by atoms with E-state index in [4.69, 9.17) is 28.4 Å². The molecule has 0 radical (unpaired) electrons. The van der Waals surface area contributed by atoms with Crippen LogP contribution in [0.2, 0.25) is 0 Å². The Kier molecular flexibility index (Phi) is 8.19. The summed E-state index contributed by atoms with van der Waals surface area (Å²) in [5, 5.41) is 3.59. The van der Waals surface area contributed by atoms with E-state index in [1.165, 1.54) is 0 Å². The van der Waals surface area contributed by atoms with Crippen molar-refractivity contribution in [2.45, 2.75) is 32.6 Å². The first kappa shape index (κ1) is 22.2. The van der Waals surface area contributed by atoms with Gasteiger partial charge in [0, 0.05) is 25.8 Å². The molecule has 2 aromatic rings. The standard InChI is InChI=1S/C23H31NO6/c1-5-27-23(28-6-2)14-24-18(17-8-10-20-22(13-17)30-15-29-20)11-16-7-9-19(25-3)21(12-16)26-4/h7-10,12-13,18,23-24H,5-6,11,14-15H2,1-4H3/t18-/m0/s1. The summed E-state index contributed by atoms with van der Waals surface area (Å²) in [6.45, 7) is 5.93. The van der Waals surface area contributed by atoms with Crippen LogP contribution in [0.25, 0.3) is 0 Å². The lowest BCUT2D eigenvalue weighted by molar-refractivity contribution is -0.133. The van der Waals surface area contributed by atoms with Gasteiger partial charge in [-0.1, -0.05) is 12.1 Å². The highest BCUT2D eigenvalue weighted by molar-refractivity contribution is 5.46. The van der Waals surface area contributed by atoms with Gasteiger partial charge in [0.2, 0.25) is 6.79 Å². The largest absolute Gasteiger partial charge is 0.493 e. The topological polar surface area (TPSA) is 67.4 Å². The Hall–Kier alpha value is -2.48. The smallest absolute Gasteiger partial charge is 0.231 e. The summed E-state index contributed by atoms with van der Waals surface area (Å²) in [5.74, 6) is 2.95. The third kappa shape index (κ3) is 5.56. The minimum atomic E-state index is -0.304. The van der Waals surface area contributed by atoms with E-state index in [1.54, 1.807) is 14.2 Å². The molecule has 0 aliphatic carbocycles. The first-order valence-electron chi connectivity index (χ1n) is 10.3. The van der Waals surface area contributed by atoms with E-state index in [2.05, 4.69) is 11.4 Å². The molecule has 0 unspecified atom stereocenters. The Balaban J connectivity index is 1.81. The van der Waals surface area contributed by atoms with E-state index in [0.29, 0.717) is 31.3 Å². The van der Waals surface area contributed by atoms with Crippen molar-refractivity contribution in [1.82, 2.24) is 5.32 Å². The highest BCUT2D eigenvalue weighted by atomic mass is 16.7. The van der Waals surface area contributed by atoms with Gasteiger partial charge in [0.1, 0.15) is 0 Å². The molecule has 2 aromatic carbocycles. The van der Waals surface area contributed by atoms with Crippen LogP contribution in [-0.2, 0) is 15.9 Å². The number of nitrogens with one attached hydrogen (secondary N) is 1. The molecular formula is C23H31NO6. The summed E-state index contributed by atoms with van der Waals surface area (Å²) in [6.07, 6.45) is 0.437. The predicted molar refractivity (Wildman–Crippen MR) is 114 cm³/mol. The summed E-state index contributed by atoms with van der Waals surface area (Å²) >= 11 is 0. The first-order chi connectivity index (χ1) is 14.7. The second kappa shape index (κ2) is 11.1. The zero-order chi connectivity index (χ0) is 21.3. The molecular weight excluding hydrogens is 386 g/mol. The van der Waals surface area contributed by atoms with Gasteiger partial charge in [0.05, 0.1) is 14.2 Å². The van der Waals surface area contributed by atoms with Crippen molar-refractivity contribution >= 4 is 0 Å². The number of hydrogen-bond acceptors (Lipinski definition) is 7. The van der Waals surface area contributed by atoms with Crippen molar-refractivity contribution < 1.29 is 28.4 Å². The maximum Gasteiger partial charge on any atom is 0.231 e. The number of hydrogen-bond donors (Lipinski definition) is 1. The quantitative estimate of drug-likeness (QED) is 0.528. The molecule has 1 heterocycles. The molecule has 1 aliphatic rings.